The molecule has 0 saturated heterocycles. The van der Waals surface area contributed by atoms with Crippen molar-refractivity contribution in [2.75, 3.05) is 5.32 Å². The molecule has 94 valence electrons. The summed E-state index contributed by atoms with van der Waals surface area (Å²) in [5, 5.41) is 13.3. The second-order valence-electron chi connectivity index (χ2n) is 3.99. The predicted molar refractivity (Wildman–Crippen MR) is 74.4 cm³/mol. The van der Waals surface area contributed by atoms with Crippen LogP contribution in [-0.2, 0) is 6.54 Å². The van der Waals surface area contributed by atoms with Crippen molar-refractivity contribution in [3.63, 3.8) is 0 Å². The maximum atomic E-state index is 9.33. The summed E-state index contributed by atoms with van der Waals surface area (Å²) in [5.41, 5.74) is 2.77. The minimum absolute atomic E-state index is 0.0793. The summed E-state index contributed by atoms with van der Waals surface area (Å²) in [6.07, 6.45) is 1.71. The van der Waals surface area contributed by atoms with E-state index in [1.165, 1.54) is 0 Å². The molecule has 0 radical (unpaired) electrons. The zero-order valence-corrected chi connectivity index (χ0v) is 11.3. The number of phenolic OH excluding ortho intramolecular Hbond substituents is 1. The first-order valence-electron chi connectivity index (χ1n) is 5.39. The van der Waals surface area contributed by atoms with E-state index in [4.69, 9.17) is 23.2 Å². The first-order chi connectivity index (χ1) is 8.56. The Morgan fingerprint density at radius 2 is 2.06 bits per heavy atom. The number of rotatable bonds is 3. The average molecular weight is 283 g/mol. The third-order valence-corrected chi connectivity index (χ3v) is 3.07. The molecule has 2 N–H and O–H groups in total. The predicted octanol–water partition coefficient (Wildman–Crippen LogP) is 4.01. The van der Waals surface area contributed by atoms with Crippen LogP contribution in [0.25, 0.3) is 0 Å². The van der Waals surface area contributed by atoms with Crippen LogP contribution >= 0.6 is 23.2 Å². The number of aromatic hydroxyl groups is 1. The van der Waals surface area contributed by atoms with E-state index in [9.17, 15) is 5.11 Å². The Balaban J connectivity index is 2.11. The molecule has 0 amide bonds. The molecule has 0 aliphatic carbocycles. The van der Waals surface area contributed by atoms with Crippen LogP contribution in [-0.4, -0.2) is 10.1 Å². The van der Waals surface area contributed by atoms with Gasteiger partial charge in [0.1, 0.15) is 5.75 Å². The Bertz CT molecular complexity index is 573. The van der Waals surface area contributed by atoms with Gasteiger partial charge in [-0.1, -0.05) is 29.3 Å². The van der Waals surface area contributed by atoms with E-state index in [-0.39, 0.29) is 5.75 Å². The molecule has 3 nitrogen and oxygen atoms in total. The monoisotopic (exact) mass is 282 g/mol. The van der Waals surface area contributed by atoms with E-state index in [1.807, 2.05) is 13.0 Å². The molecule has 0 spiro atoms. The molecule has 2 rings (SSSR count). The van der Waals surface area contributed by atoms with E-state index in [0.717, 1.165) is 16.8 Å². The lowest BCUT2D eigenvalue weighted by atomic mass is 10.2. The average Bonchev–Trinajstić information content (AvgIpc) is 2.34. The fourth-order valence-corrected chi connectivity index (χ4v) is 1.91. The number of phenols is 1. The first kappa shape index (κ1) is 13.0. The number of aryl methyl sites for hydroxylation is 1. The summed E-state index contributed by atoms with van der Waals surface area (Å²) in [5.74, 6) is 0.0793. The Morgan fingerprint density at radius 3 is 2.78 bits per heavy atom. The van der Waals surface area contributed by atoms with Crippen molar-refractivity contribution in [2.24, 2.45) is 0 Å². The van der Waals surface area contributed by atoms with Crippen molar-refractivity contribution in [1.29, 1.82) is 0 Å². The van der Waals surface area contributed by atoms with Gasteiger partial charge in [0.05, 0.1) is 10.7 Å². The Hall–Kier alpha value is -1.45. The highest BCUT2D eigenvalue weighted by Gasteiger charge is 2.03. The van der Waals surface area contributed by atoms with Crippen LogP contribution in [0.1, 0.15) is 11.1 Å². The van der Waals surface area contributed by atoms with Gasteiger partial charge in [-0.15, -0.1) is 0 Å². The van der Waals surface area contributed by atoms with E-state index in [1.54, 1.807) is 24.4 Å². The number of aromatic nitrogens is 1. The van der Waals surface area contributed by atoms with Gasteiger partial charge in [0.2, 0.25) is 0 Å². The van der Waals surface area contributed by atoms with Crippen LogP contribution in [0.3, 0.4) is 0 Å². The highest BCUT2D eigenvalue weighted by molar-refractivity contribution is 6.32. The van der Waals surface area contributed by atoms with Crippen molar-refractivity contribution < 1.29 is 5.11 Å². The van der Waals surface area contributed by atoms with Gasteiger partial charge >= 0.3 is 0 Å². The molecular formula is C13H12Cl2N2O. The zero-order chi connectivity index (χ0) is 13.1. The van der Waals surface area contributed by atoms with Crippen LogP contribution < -0.4 is 5.32 Å². The number of anilines is 1. The van der Waals surface area contributed by atoms with Crippen molar-refractivity contribution in [3.8, 4) is 5.75 Å². The van der Waals surface area contributed by atoms with E-state index in [0.29, 0.717) is 16.7 Å². The summed E-state index contributed by atoms with van der Waals surface area (Å²) in [6, 6.07) is 7.00. The number of hydrogen-bond donors (Lipinski definition) is 2. The highest BCUT2D eigenvalue weighted by atomic mass is 35.5. The summed E-state index contributed by atoms with van der Waals surface area (Å²) in [6.45, 7) is 2.51. The number of nitrogens with one attached hydrogen (secondary N) is 1. The third-order valence-electron chi connectivity index (χ3n) is 2.47. The zero-order valence-electron chi connectivity index (χ0n) is 9.74. The lowest BCUT2D eigenvalue weighted by Gasteiger charge is -2.09. The summed E-state index contributed by atoms with van der Waals surface area (Å²) in [4.78, 5) is 4.06. The van der Waals surface area contributed by atoms with Gasteiger partial charge in [-0.2, -0.15) is 0 Å². The molecule has 0 unspecified atom stereocenters. The molecule has 0 saturated carbocycles. The minimum atomic E-state index is 0.0793. The number of hydrogen-bond acceptors (Lipinski definition) is 3. The molecule has 0 bridgehead atoms. The Morgan fingerprint density at radius 1 is 1.28 bits per heavy atom. The topological polar surface area (TPSA) is 45.2 Å². The molecule has 1 aromatic heterocycles. The van der Waals surface area contributed by atoms with Crippen molar-refractivity contribution in [2.45, 2.75) is 13.5 Å². The molecule has 0 aliphatic rings. The van der Waals surface area contributed by atoms with Crippen molar-refractivity contribution in [1.82, 2.24) is 4.98 Å². The van der Waals surface area contributed by atoms with Crippen molar-refractivity contribution >= 4 is 28.9 Å². The quantitative estimate of drug-likeness (QED) is 0.836. The second kappa shape index (κ2) is 5.46. The van der Waals surface area contributed by atoms with Gasteiger partial charge in [0.25, 0.3) is 0 Å². The van der Waals surface area contributed by atoms with Crippen LogP contribution in [0.4, 0.5) is 5.69 Å². The number of pyridine rings is 1. The van der Waals surface area contributed by atoms with Gasteiger partial charge in [-0.25, -0.2) is 4.98 Å². The van der Waals surface area contributed by atoms with Crippen LogP contribution in [0, 0.1) is 6.92 Å². The summed E-state index contributed by atoms with van der Waals surface area (Å²) < 4.78 is 0. The molecule has 0 aliphatic heterocycles. The minimum Gasteiger partial charge on any atom is -0.506 e. The first-order valence-corrected chi connectivity index (χ1v) is 6.15. The van der Waals surface area contributed by atoms with Gasteiger partial charge < -0.3 is 10.4 Å². The lowest BCUT2D eigenvalue weighted by Crippen LogP contribution is -2.01. The smallest absolute Gasteiger partial charge is 0.152 e. The van der Waals surface area contributed by atoms with Crippen LogP contribution in [0.2, 0.25) is 10.2 Å². The molecule has 0 atom stereocenters. The Labute approximate surface area is 115 Å². The molecule has 1 aromatic carbocycles. The summed E-state index contributed by atoms with van der Waals surface area (Å²) in [7, 11) is 0. The molecular weight excluding hydrogens is 271 g/mol. The molecule has 18 heavy (non-hydrogen) atoms. The SMILES string of the molecule is Cc1cnc(Cl)c(NCc2ccc(O)c(Cl)c2)c1. The summed E-state index contributed by atoms with van der Waals surface area (Å²) >= 11 is 11.8. The Kier molecular flexibility index (Phi) is 3.94. The molecule has 0 fully saturated rings. The normalized spacial score (nSPS) is 10.4. The fraction of sp³-hybridized carbons (Fsp3) is 0.154. The lowest BCUT2D eigenvalue weighted by molar-refractivity contribution is 0.475. The second-order valence-corrected chi connectivity index (χ2v) is 4.76. The maximum Gasteiger partial charge on any atom is 0.152 e. The van der Waals surface area contributed by atoms with Crippen LogP contribution in [0.15, 0.2) is 30.5 Å². The number of benzene rings is 1. The fourth-order valence-electron chi connectivity index (χ4n) is 1.53. The number of nitrogens with zero attached hydrogens (tertiary/aromatic N) is 1. The van der Waals surface area contributed by atoms with Gasteiger partial charge in [-0.05, 0) is 36.2 Å². The molecule has 2 aromatic rings. The van der Waals surface area contributed by atoms with Crippen molar-refractivity contribution in [3.05, 3.63) is 51.8 Å². The molecule has 5 heteroatoms. The standard InChI is InChI=1S/C13H12Cl2N2O/c1-8-4-11(13(15)17-6-8)16-7-9-2-3-12(18)10(14)5-9/h2-6,16,18H,7H2,1H3. The van der Waals surface area contributed by atoms with E-state index in [2.05, 4.69) is 10.3 Å². The van der Waals surface area contributed by atoms with Gasteiger partial charge in [0.15, 0.2) is 5.15 Å². The van der Waals surface area contributed by atoms with Gasteiger partial charge in [0, 0.05) is 12.7 Å². The largest absolute Gasteiger partial charge is 0.506 e. The van der Waals surface area contributed by atoms with E-state index >= 15 is 0 Å². The maximum absolute atomic E-state index is 9.33. The third kappa shape index (κ3) is 3.06. The highest BCUT2D eigenvalue weighted by Crippen LogP contribution is 2.25. The molecule has 1 heterocycles. The van der Waals surface area contributed by atoms with E-state index < -0.39 is 0 Å². The van der Waals surface area contributed by atoms with Crippen LogP contribution in [0.5, 0.6) is 5.75 Å². The number of halogens is 2. The van der Waals surface area contributed by atoms with Gasteiger partial charge in [-0.3, -0.25) is 0 Å².